The lowest BCUT2D eigenvalue weighted by atomic mass is 9.91. The van der Waals surface area contributed by atoms with Crippen molar-refractivity contribution in [3.63, 3.8) is 0 Å². The number of rotatable bonds is 0. The van der Waals surface area contributed by atoms with E-state index in [1.807, 2.05) is 0 Å². The van der Waals surface area contributed by atoms with E-state index in [4.69, 9.17) is 0 Å². The molecule has 2 aliphatic rings. The number of hydrogen-bond donors (Lipinski definition) is 0. The molecule has 2 heterocycles. The lowest BCUT2D eigenvalue weighted by Crippen LogP contribution is -2.39. The van der Waals surface area contributed by atoms with Crippen LogP contribution in [0.15, 0.2) is 0 Å². The Kier molecular flexibility index (Phi) is 1.69. The van der Waals surface area contributed by atoms with Crippen molar-refractivity contribution in [3.05, 3.63) is 0 Å². The molecule has 2 aliphatic heterocycles. The first kappa shape index (κ1) is 6.66. The molecule has 0 amide bonds. The highest BCUT2D eigenvalue weighted by Gasteiger charge is 2.31. The molecule has 0 aromatic carbocycles. The Bertz CT molecular complexity index is 122. The molecule has 0 aromatic rings. The van der Waals surface area contributed by atoms with Crippen LogP contribution in [0.3, 0.4) is 0 Å². The second kappa shape index (κ2) is 2.54. The molecule has 0 spiro atoms. The molecule has 2 fully saturated rings. The zero-order valence-electron chi connectivity index (χ0n) is 6.84. The molecular weight excluding hydrogens is 122 g/mol. The Morgan fingerprint density at radius 2 is 1.80 bits per heavy atom. The topological polar surface area (TPSA) is 3.24 Å². The number of fused-ring (bicyclic) bond motifs is 1. The van der Waals surface area contributed by atoms with Gasteiger partial charge >= 0.3 is 0 Å². The first-order valence-electron chi connectivity index (χ1n) is 4.62. The summed E-state index contributed by atoms with van der Waals surface area (Å²) >= 11 is 0. The van der Waals surface area contributed by atoms with Gasteiger partial charge in [0.1, 0.15) is 0 Å². The van der Waals surface area contributed by atoms with Crippen LogP contribution in [0.5, 0.6) is 0 Å². The van der Waals surface area contributed by atoms with Gasteiger partial charge in [-0.1, -0.05) is 6.92 Å². The van der Waals surface area contributed by atoms with Crippen LogP contribution in [0.4, 0.5) is 0 Å². The summed E-state index contributed by atoms with van der Waals surface area (Å²) in [4.78, 5) is 2.69. The first-order valence-corrected chi connectivity index (χ1v) is 4.62. The number of nitrogens with zero attached hydrogens (tertiary/aromatic N) is 1. The summed E-state index contributed by atoms with van der Waals surface area (Å²) in [7, 11) is 0. The van der Waals surface area contributed by atoms with Crippen molar-refractivity contribution in [2.75, 3.05) is 13.1 Å². The van der Waals surface area contributed by atoms with Gasteiger partial charge in [0, 0.05) is 6.04 Å². The predicted octanol–water partition coefficient (Wildman–Crippen LogP) is 1.88. The summed E-state index contributed by atoms with van der Waals surface area (Å²) in [6.45, 7) is 5.19. The van der Waals surface area contributed by atoms with Gasteiger partial charge in [-0.15, -0.1) is 0 Å². The van der Waals surface area contributed by atoms with Gasteiger partial charge in [-0.05, 0) is 44.7 Å². The average molecular weight is 139 g/mol. The molecule has 1 heteroatoms. The minimum absolute atomic E-state index is 0.966. The summed E-state index contributed by atoms with van der Waals surface area (Å²) in [6, 6.07) is 0.966. The largest absolute Gasteiger partial charge is 0.300 e. The van der Waals surface area contributed by atoms with E-state index in [1.165, 1.54) is 38.8 Å². The normalized spacial score (nSPS) is 41.7. The van der Waals surface area contributed by atoms with Crippen molar-refractivity contribution in [1.29, 1.82) is 0 Å². The smallest absolute Gasteiger partial charge is 0.0121 e. The quantitative estimate of drug-likeness (QED) is 0.495. The van der Waals surface area contributed by atoms with Crippen LogP contribution in [0.25, 0.3) is 0 Å². The maximum Gasteiger partial charge on any atom is 0.0121 e. The fourth-order valence-corrected chi connectivity index (χ4v) is 2.58. The molecule has 2 atom stereocenters. The molecule has 58 valence electrons. The highest BCUT2D eigenvalue weighted by atomic mass is 15.2. The van der Waals surface area contributed by atoms with Gasteiger partial charge in [0.05, 0.1) is 0 Å². The number of hydrogen-bond acceptors (Lipinski definition) is 1. The second-order valence-electron chi connectivity index (χ2n) is 3.87. The van der Waals surface area contributed by atoms with Gasteiger partial charge in [-0.25, -0.2) is 0 Å². The van der Waals surface area contributed by atoms with E-state index in [-0.39, 0.29) is 0 Å². The van der Waals surface area contributed by atoms with Gasteiger partial charge in [-0.2, -0.15) is 0 Å². The molecule has 0 radical (unpaired) electrons. The highest BCUT2D eigenvalue weighted by molar-refractivity contribution is 4.86. The first-order chi connectivity index (χ1) is 4.88. The molecule has 0 bridgehead atoms. The molecule has 10 heavy (non-hydrogen) atoms. The van der Waals surface area contributed by atoms with E-state index >= 15 is 0 Å². The summed E-state index contributed by atoms with van der Waals surface area (Å²) in [5.41, 5.74) is 0. The molecule has 0 saturated carbocycles. The van der Waals surface area contributed by atoms with Crippen LogP contribution in [-0.4, -0.2) is 24.0 Å². The molecule has 0 N–H and O–H groups in total. The van der Waals surface area contributed by atoms with Gasteiger partial charge in [0.2, 0.25) is 0 Å². The summed E-state index contributed by atoms with van der Waals surface area (Å²) < 4.78 is 0. The van der Waals surface area contributed by atoms with Crippen molar-refractivity contribution in [2.45, 2.75) is 38.6 Å². The molecule has 2 saturated heterocycles. The van der Waals surface area contributed by atoms with E-state index in [2.05, 4.69) is 11.8 Å². The number of piperidine rings is 1. The third-order valence-corrected chi connectivity index (χ3v) is 3.18. The van der Waals surface area contributed by atoms with E-state index < -0.39 is 0 Å². The lowest BCUT2D eigenvalue weighted by Gasteiger charge is -2.34. The fourth-order valence-electron chi connectivity index (χ4n) is 2.58. The Hall–Kier alpha value is -0.0400. The fraction of sp³-hybridized carbons (Fsp3) is 1.00. The van der Waals surface area contributed by atoms with E-state index in [0.717, 1.165) is 12.0 Å². The molecule has 0 aromatic heterocycles. The second-order valence-corrected chi connectivity index (χ2v) is 3.87. The van der Waals surface area contributed by atoms with E-state index in [1.54, 1.807) is 0 Å². The summed E-state index contributed by atoms with van der Waals surface area (Å²) in [5.74, 6) is 0.983. The average Bonchev–Trinajstić information content (AvgIpc) is 2.36. The minimum atomic E-state index is 0.966. The monoisotopic (exact) mass is 139 g/mol. The van der Waals surface area contributed by atoms with Crippen LogP contribution in [0.2, 0.25) is 0 Å². The van der Waals surface area contributed by atoms with Crippen LogP contribution < -0.4 is 0 Å². The third kappa shape index (κ3) is 0.968. The van der Waals surface area contributed by atoms with Gasteiger partial charge in [0.25, 0.3) is 0 Å². The van der Waals surface area contributed by atoms with Gasteiger partial charge in [-0.3, -0.25) is 0 Å². The molecule has 1 unspecified atom stereocenters. The lowest BCUT2D eigenvalue weighted by molar-refractivity contribution is 0.144. The molecule has 1 nitrogen and oxygen atoms in total. The van der Waals surface area contributed by atoms with Crippen molar-refractivity contribution in [1.82, 2.24) is 4.90 Å². The zero-order chi connectivity index (χ0) is 6.97. The maximum absolute atomic E-state index is 2.69. The Morgan fingerprint density at radius 3 is 2.50 bits per heavy atom. The van der Waals surface area contributed by atoms with Gasteiger partial charge < -0.3 is 4.90 Å². The zero-order valence-corrected chi connectivity index (χ0v) is 6.84. The van der Waals surface area contributed by atoms with Crippen LogP contribution >= 0.6 is 0 Å². The van der Waals surface area contributed by atoms with Crippen molar-refractivity contribution in [2.24, 2.45) is 5.92 Å². The van der Waals surface area contributed by atoms with Crippen LogP contribution in [-0.2, 0) is 0 Å². The molecule has 2 rings (SSSR count). The maximum atomic E-state index is 2.69. The summed E-state index contributed by atoms with van der Waals surface area (Å²) in [6.07, 6.45) is 5.84. The van der Waals surface area contributed by atoms with E-state index in [9.17, 15) is 0 Å². The Labute approximate surface area is 63.4 Å². The predicted molar refractivity (Wildman–Crippen MR) is 43.0 cm³/mol. The SMILES string of the molecule is C[C@H]1CCCN2CCCC12. The summed E-state index contributed by atoms with van der Waals surface area (Å²) in [5, 5.41) is 0. The van der Waals surface area contributed by atoms with Gasteiger partial charge in [0.15, 0.2) is 0 Å². The van der Waals surface area contributed by atoms with Crippen LogP contribution in [0.1, 0.15) is 32.6 Å². The Morgan fingerprint density at radius 1 is 1.10 bits per heavy atom. The van der Waals surface area contributed by atoms with Crippen molar-refractivity contribution >= 4 is 0 Å². The molecular formula is C9H17N. The van der Waals surface area contributed by atoms with Crippen molar-refractivity contribution in [3.8, 4) is 0 Å². The van der Waals surface area contributed by atoms with Crippen molar-refractivity contribution < 1.29 is 0 Å². The van der Waals surface area contributed by atoms with E-state index in [0.29, 0.717) is 0 Å². The standard InChI is InChI=1S/C9H17N/c1-8-4-2-6-10-7-3-5-9(8)10/h8-9H,2-7H2,1H3/t8-,9?/m0/s1. The Balaban J connectivity index is 2.03. The van der Waals surface area contributed by atoms with Crippen LogP contribution in [0, 0.1) is 5.92 Å². The molecule has 0 aliphatic carbocycles. The third-order valence-electron chi connectivity index (χ3n) is 3.18. The highest BCUT2D eigenvalue weighted by Crippen LogP contribution is 2.30. The minimum Gasteiger partial charge on any atom is -0.300 e.